The van der Waals surface area contributed by atoms with Crippen LogP contribution in [0.2, 0.25) is 0 Å². The van der Waals surface area contributed by atoms with Crippen molar-refractivity contribution in [2.24, 2.45) is 0 Å². The lowest BCUT2D eigenvalue weighted by Crippen LogP contribution is -2.30. The normalized spacial score (nSPS) is 14.2. The maximum atomic E-state index is 10.5. The molecule has 0 spiro atoms. The Hall–Kier alpha value is -1.35. The highest BCUT2D eigenvalue weighted by molar-refractivity contribution is 5.66. The van der Waals surface area contributed by atoms with Crippen LogP contribution in [0.25, 0.3) is 0 Å². The highest BCUT2D eigenvalue weighted by Crippen LogP contribution is 2.17. The van der Waals surface area contributed by atoms with Crippen LogP contribution in [0.3, 0.4) is 0 Å². The van der Waals surface area contributed by atoms with E-state index in [4.69, 9.17) is 5.11 Å². The molecule has 2 unspecified atom stereocenters. The van der Waals surface area contributed by atoms with E-state index in [1.54, 1.807) is 0 Å². The summed E-state index contributed by atoms with van der Waals surface area (Å²) >= 11 is 0. The van der Waals surface area contributed by atoms with Crippen molar-refractivity contribution in [1.29, 1.82) is 0 Å². The Balaban J connectivity index is 2.49. The van der Waals surface area contributed by atoms with Gasteiger partial charge in [-0.2, -0.15) is 0 Å². The van der Waals surface area contributed by atoms with Gasteiger partial charge in [0, 0.05) is 18.5 Å². The van der Waals surface area contributed by atoms with Crippen LogP contribution in [0, 0.1) is 0 Å². The lowest BCUT2D eigenvalue weighted by Gasteiger charge is -2.22. The monoisotopic (exact) mass is 235 g/mol. The van der Waals surface area contributed by atoms with Crippen LogP contribution >= 0.6 is 0 Å². The third-order valence-corrected chi connectivity index (χ3v) is 2.89. The van der Waals surface area contributed by atoms with Crippen molar-refractivity contribution in [1.82, 2.24) is 5.32 Å². The van der Waals surface area contributed by atoms with Gasteiger partial charge >= 0.3 is 5.97 Å². The topological polar surface area (TPSA) is 49.3 Å². The Kier molecular flexibility index (Phi) is 5.70. The molecule has 17 heavy (non-hydrogen) atoms. The van der Waals surface area contributed by atoms with E-state index >= 15 is 0 Å². The number of carboxylic acids is 1. The number of aliphatic carboxylic acids is 1. The van der Waals surface area contributed by atoms with Crippen LogP contribution < -0.4 is 5.32 Å². The number of benzene rings is 1. The molecule has 0 aromatic heterocycles. The van der Waals surface area contributed by atoms with Gasteiger partial charge in [0.15, 0.2) is 0 Å². The zero-order valence-electron chi connectivity index (χ0n) is 10.5. The molecule has 1 rings (SSSR count). The molecule has 1 aromatic carbocycles. The summed E-state index contributed by atoms with van der Waals surface area (Å²) in [5, 5.41) is 12.1. The van der Waals surface area contributed by atoms with E-state index in [2.05, 4.69) is 24.4 Å². The highest BCUT2D eigenvalue weighted by atomic mass is 16.4. The van der Waals surface area contributed by atoms with Crippen molar-refractivity contribution in [2.75, 3.05) is 0 Å². The smallest absolute Gasteiger partial charge is 0.303 e. The summed E-state index contributed by atoms with van der Waals surface area (Å²) in [6.07, 6.45) is 1.89. The van der Waals surface area contributed by atoms with Gasteiger partial charge in [0.05, 0.1) is 0 Å². The van der Waals surface area contributed by atoms with E-state index in [1.165, 1.54) is 5.56 Å². The molecule has 3 heteroatoms. The first-order chi connectivity index (χ1) is 8.13. The molecule has 2 N–H and O–H groups in total. The Morgan fingerprint density at radius 1 is 1.35 bits per heavy atom. The number of hydrogen-bond donors (Lipinski definition) is 2. The minimum Gasteiger partial charge on any atom is -0.481 e. The van der Waals surface area contributed by atoms with Gasteiger partial charge in [0.1, 0.15) is 0 Å². The molecule has 0 fully saturated rings. The SMILES string of the molecule is CCC(NC(C)CCC(=O)O)c1ccccc1. The van der Waals surface area contributed by atoms with Crippen LogP contribution in [0.5, 0.6) is 0 Å². The van der Waals surface area contributed by atoms with Crippen molar-refractivity contribution < 1.29 is 9.90 Å². The third kappa shape index (κ3) is 5.00. The summed E-state index contributed by atoms with van der Waals surface area (Å²) in [6.45, 7) is 4.17. The van der Waals surface area contributed by atoms with Gasteiger partial charge in [-0.15, -0.1) is 0 Å². The van der Waals surface area contributed by atoms with Gasteiger partial charge in [-0.3, -0.25) is 4.79 Å². The first-order valence-corrected chi connectivity index (χ1v) is 6.16. The van der Waals surface area contributed by atoms with Gasteiger partial charge in [-0.1, -0.05) is 37.3 Å². The van der Waals surface area contributed by atoms with Gasteiger partial charge in [-0.05, 0) is 25.3 Å². The average molecular weight is 235 g/mol. The van der Waals surface area contributed by atoms with Gasteiger partial charge in [0.25, 0.3) is 0 Å². The Bertz CT molecular complexity index is 337. The molecule has 94 valence electrons. The molecular formula is C14H21NO2. The number of carbonyl (C=O) groups is 1. The fourth-order valence-corrected chi connectivity index (χ4v) is 1.90. The summed E-state index contributed by atoms with van der Waals surface area (Å²) in [6, 6.07) is 10.8. The van der Waals surface area contributed by atoms with Crippen LogP contribution in [0.4, 0.5) is 0 Å². The predicted octanol–water partition coefficient (Wildman–Crippen LogP) is 2.98. The summed E-state index contributed by atoms with van der Waals surface area (Å²) in [5.74, 6) is -0.730. The minimum absolute atomic E-state index is 0.219. The number of rotatable bonds is 7. The van der Waals surface area contributed by atoms with Crippen LogP contribution in [-0.2, 0) is 4.79 Å². The largest absolute Gasteiger partial charge is 0.481 e. The van der Waals surface area contributed by atoms with Crippen molar-refractivity contribution in [3.63, 3.8) is 0 Å². The molecule has 0 aliphatic carbocycles. The molecule has 0 bridgehead atoms. The molecule has 2 atom stereocenters. The van der Waals surface area contributed by atoms with E-state index in [0.717, 1.165) is 6.42 Å². The predicted molar refractivity (Wildman–Crippen MR) is 68.9 cm³/mol. The van der Waals surface area contributed by atoms with E-state index < -0.39 is 5.97 Å². The molecular weight excluding hydrogens is 214 g/mol. The lowest BCUT2D eigenvalue weighted by atomic mass is 10.0. The van der Waals surface area contributed by atoms with Crippen LogP contribution in [0.1, 0.15) is 44.7 Å². The number of nitrogens with one attached hydrogen (secondary N) is 1. The minimum atomic E-state index is -0.730. The summed E-state index contributed by atoms with van der Waals surface area (Å²) in [4.78, 5) is 10.5. The molecule has 0 saturated heterocycles. The average Bonchev–Trinajstić information content (AvgIpc) is 2.34. The quantitative estimate of drug-likeness (QED) is 0.764. The molecule has 0 aliphatic heterocycles. The zero-order valence-corrected chi connectivity index (χ0v) is 10.5. The molecule has 3 nitrogen and oxygen atoms in total. The van der Waals surface area contributed by atoms with E-state index in [0.29, 0.717) is 12.5 Å². The van der Waals surface area contributed by atoms with Gasteiger partial charge in [-0.25, -0.2) is 0 Å². The maximum Gasteiger partial charge on any atom is 0.303 e. The second kappa shape index (κ2) is 7.07. The fraction of sp³-hybridized carbons (Fsp3) is 0.500. The fourth-order valence-electron chi connectivity index (χ4n) is 1.90. The second-order valence-electron chi connectivity index (χ2n) is 4.37. The van der Waals surface area contributed by atoms with Crippen LogP contribution in [-0.4, -0.2) is 17.1 Å². The van der Waals surface area contributed by atoms with Crippen LogP contribution in [0.15, 0.2) is 30.3 Å². The maximum absolute atomic E-state index is 10.5. The molecule has 1 aromatic rings. The standard InChI is InChI=1S/C14H21NO2/c1-3-13(12-7-5-4-6-8-12)15-11(2)9-10-14(16)17/h4-8,11,13,15H,3,9-10H2,1-2H3,(H,16,17). The summed E-state index contributed by atoms with van der Waals surface area (Å²) in [7, 11) is 0. The van der Waals surface area contributed by atoms with E-state index in [-0.39, 0.29) is 12.5 Å². The molecule has 0 heterocycles. The van der Waals surface area contributed by atoms with Gasteiger partial charge in [0.2, 0.25) is 0 Å². The Morgan fingerprint density at radius 2 is 2.00 bits per heavy atom. The van der Waals surface area contributed by atoms with Gasteiger partial charge < -0.3 is 10.4 Å². The third-order valence-electron chi connectivity index (χ3n) is 2.89. The number of carboxylic acid groups (broad SMARTS) is 1. The van der Waals surface area contributed by atoms with Crippen molar-refractivity contribution in [3.05, 3.63) is 35.9 Å². The lowest BCUT2D eigenvalue weighted by molar-refractivity contribution is -0.137. The number of hydrogen-bond acceptors (Lipinski definition) is 2. The Morgan fingerprint density at radius 3 is 2.53 bits per heavy atom. The van der Waals surface area contributed by atoms with Crippen molar-refractivity contribution >= 4 is 5.97 Å². The van der Waals surface area contributed by atoms with E-state index in [9.17, 15) is 4.79 Å². The molecule has 0 amide bonds. The van der Waals surface area contributed by atoms with Crippen molar-refractivity contribution in [3.8, 4) is 0 Å². The first-order valence-electron chi connectivity index (χ1n) is 6.16. The molecule has 0 aliphatic rings. The molecule has 0 radical (unpaired) electrons. The zero-order chi connectivity index (χ0) is 12.7. The second-order valence-corrected chi connectivity index (χ2v) is 4.37. The first kappa shape index (κ1) is 13.7. The Labute approximate surface area is 103 Å². The summed E-state index contributed by atoms with van der Waals surface area (Å²) in [5.41, 5.74) is 1.26. The highest BCUT2D eigenvalue weighted by Gasteiger charge is 2.12. The van der Waals surface area contributed by atoms with E-state index in [1.807, 2.05) is 25.1 Å². The van der Waals surface area contributed by atoms with Crippen molar-refractivity contribution in [2.45, 2.75) is 45.2 Å². The molecule has 0 saturated carbocycles. The summed E-state index contributed by atoms with van der Waals surface area (Å²) < 4.78 is 0.